The van der Waals surface area contributed by atoms with Crippen molar-refractivity contribution in [2.45, 2.75) is 32.7 Å². The molecule has 1 fully saturated rings. The Morgan fingerprint density at radius 1 is 1.59 bits per heavy atom. The highest BCUT2D eigenvalue weighted by atomic mass is 16.1. The second-order valence-corrected chi connectivity index (χ2v) is 4.51. The average Bonchev–Trinajstić information content (AvgIpc) is 3.06. The number of hydrogen-bond donors (Lipinski definition) is 3. The number of nitrogens with two attached hydrogens (primary N) is 1. The first-order chi connectivity index (χ1) is 8.13. The van der Waals surface area contributed by atoms with Crippen molar-refractivity contribution < 1.29 is 4.79 Å². The van der Waals surface area contributed by atoms with Crippen LogP contribution in [0.15, 0.2) is 12.1 Å². The molecular formula is C12H18N4O. The van der Waals surface area contributed by atoms with Crippen LogP contribution in [0.4, 0.5) is 5.82 Å². The lowest BCUT2D eigenvalue weighted by Gasteiger charge is -2.07. The van der Waals surface area contributed by atoms with Gasteiger partial charge in [-0.05, 0) is 31.4 Å². The van der Waals surface area contributed by atoms with E-state index in [-0.39, 0.29) is 5.91 Å². The van der Waals surface area contributed by atoms with Gasteiger partial charge in [0.05, 0.1) is 0 Å². The minimum atomic E-state index is -0.0482. The van der Waals surface area contributed by atoms with E-state index in [0.29, 0.717) is 23.3 Å². The fourth-order valence-corrected chi connectivity index (χ4v) is 2.00. The molecule has 0 bridgehead atoms. The molecule has 17 heavy (non-hydrogen) atoms. The van der Waals surface area contributed by atoms with E-state index in [2.05, 4.69) is 22.7 Å². The van der Waals surface area contributed by atoms with E-state index in [4.69, 9.17) is 5.84 Å². The maximum atomic E-state index is 12.0. The van der Waals surface area contributed by atoms with Crippen LogP contribution >= 0.6 is 0 Å². The van der Waals surface area contributed by atoms with Crippen LogP contribution in [0.1, 0.15) is 35.8 Å². The number of aromatic nitrogens is 1. The molecule has 2 unspecified atom stereocenters. The SMILES string of the molecule is CCC1CC1NC(=O)c1cc(C)nc(NN)c1. The van der Waals surface area contributed by atoms with Crippen molar-refractivity contribution in [1.82, 2.24) is 10.3 Å². The molecule has 1 amide bonds. The van der Waals surface area contributed by atoms with Gasteiger partial charge in [0, 0.05) is 17.3 Å². The summed E-state index contributed by atoms with van der Waals surface area (Å²) in [5, 5.41) is 3.01. The maximum Gasteiger partial charge on any atom is 0.251 e. The summed E-state index contributed by atoms with van der Waals surface area (Å²) in [6, 6.07) is 3.76. The van der Waals surface area contributed by atoms with Crippen molar-refractivity contribution >= 4 is 11.7 Å². The summed E-state index contributed by atoms with van der Waals surface area (Å²) >= 11 is 0. The van der Waals surface area contributed by atoms with Crippen LogP contribution in [0.5, 0.6) is 0 Å². The minimum absolute atomic E-state index is 0.0482. The molecular weight excluding hydrogens is 216 g/mol. The molecule has 1 aromatic rings. The summed E-state index contributed by atoms with van der Waals surface area (Å²) < 4.78 is 0. The molecule has 0 radical (unpaired) electrons. The fourth-order valence-electron chi connectivity index (χ4n) is 2.00. The highest BCUT2D eigenvalue weighted by Crippen LogP contribution is 2.33. The van der Waals surface area contributed by atoms with Gasteiger partial charge < -0.3 is 10.7 Å². The van der Waals surface area contributed by atoms with Gasteiger partial charge in [0.2, 0.25) is 0 Å². The van der Waals surface area contributed by atoms with Crippen LogP contribution < -0.4 is 16.6 Å². The molecule has 0 spiro atoms. The largest absolute Gasteiger partial charge is 0.349 e. The van der Waals surface area contributed by atoms with Gasteiger partial charge in [0.25, 0.3) is 5.91 Å². The van der Waals surface area contributed by atoms with Crippen molar-refractivity contribution in [2.75, 3.05) is 5.43 Å². The lowest BCUT2D eigenvalue weighted by Crippen LogP contribution is -2.27. The molecule has 1 aliphatic rings. The number of nitrogen functional groups attached to an aromatic ring is 1. The summed E-state index contributed by atoms with van der Waals surface area (Å²) in [6.45, 7) is 3.98. The van der Waals surface area contributed by atoms with Gasteiger partial charge in [0.15, 0.2) is 0 Å². The number of hydrazine groups is 1. The Bertz CT molecular complexity index is 433. The third-order valence-corrected chi connectivity index (χ3v) is 3.13. The topological polar surface area (TPSA) is 80.0 Å². The minimum Gasteiger partial charge on any atom is -0.349 e. The van der Waals surface area contributed by atoms with Crippen LogP contribution in [0, 0.1) is 12.8 Å². The predicted molar refractivity (Wildman–Crippen MR) is 66.4 cm³/mol. The summed E-state index contributed by atoms with van der Waals surface area (Å²) in [5.74, 6) is 6.41. The Hall–Kier alpha value is -1.62. The lowest BCUT2D eigenvalue weighted by atomic mass is 10.2. The van der Waals surface area contributed by atoms with Gasteiger partial charge in [0.1, 0.15) is 5.82 Å². The molecule has 0 saturated heterocycles. The number of nitrogens with one attached hydrogen (secondary N) is 2. The van der Waals surface area contributed by atoms with Crippen molar-refractivity contribution in [2.24, 2.45) is 11.8 Å². The molecule has 1 heterocycles. The van der Waals surface area contributed by atoms with Crippen LogP contribution in [0.25, 0.3) is 0 Å². The number of aryl methyl sites for hydroxylation is 1. The smallest absolute Gasteiger partial charge is 0.251 e. The first kappa shape index (κ1) is 11.9. The molecule has 2 rings (SSSR count). The molecule has 0 aromatic carbocycles. The van der Waals surface area contributed by atoms with Gasteiger partial charge in [-0.3, -0.25) is 4.79 Å². The second kappa shape index (κ2) is 4.71. The Morgan fingerprint density at radius 3 is 2.94 bits per heavy atom. The summed E-state index contributed by atoms with van der Waals surface area (Å²) in [6.07, 6.45) is 2.21. The van der Waals surface area contributed by atoms with Crippen LogP contribution in [-0.2, 0) is 0 Å². The molecule has 1 aromatic heterocycles. The van der Waals surface area contributed by atoms with Gasteiger partial charge in [-0.1, -0.05) is 13.3 Å². The monoisotopic (exact) mass is 234 g/mol. The predicted octanol–water partition coefficient (Wildman–Crippen LogP) is 1.20. The zero-order valence-electron chi connectivity index (χ0n) is 10.2. The van der Waals surface area contributed by atoms with Crippen molar-refractivity contribution in [3.05, 3.63) is 23.4 Å². The van der Waals surface area contributed by atoms with Gasteiger partial charge in [-0.15, -0.1) is 0 Å². The highest BCUT2D eigenvalue weighted by Gasteiger charge is 2.36. The van der Waals surface area contributed by atoms with Gasteiger partial charge in [-0.2, -0.15) is 0 Å². The zero-order chi connectivity index (χ0) is 12.4. The van der Waals surface area contributed by atoms with E-state index < -0.39 is 0 Å². The van der Waals surface area contributed by atoms with Gasteiger partial charge >= 0.3 is 0 Å². The fraction of sp³-hybridized carbons (Fsp3) is 0.500. The van der Waals surface area contributed by atoms with Crippen molar-refractivity contribution in [3.8, 4) is 0 Å². The number of carbonyl (C=O) groups excluding carboxylic acids is 1. The highest BCUT2D eigenvalue weighted by molar-refractivity contribution is 5.95. The van der Waals surface area contributed by atoms with E-state index in [1.165, 1.54) is 0 Å². The summed E-state index contributed by atoms with van der Waals surface area (Å²) in [4.78, 5) is 16.1. The number of amides is 1. The third-order valence-electron chi connectivity index (χ3n) is 3.13. The molecule has 1 saturated carbocycles. The summed E-state index contributed by atoms with van der Waals surface area (Å²) in [5.41, 5.74) is 3.84. The first-order valence-corrected chi connectivity index (χ1v) is 5.90. The third kappa shape index (κ3) is 2.74. The number of carbonyl (C=O) groups is 1. The molecule has 5 heteroatoms. The molecule has 92 valence electrons. The number of anilines is 1. The maximum absolute atomic E-state index is 12.0. The van der Waals surface area contributed by atoms with Crippen LogP contribution in [-0.4, -0.2) is 16.9 Å². The Labute approximate surface area is 101 Å². The molecule has 4 N–H and O–H groups in total. The number of hydrogen-bond acceptors (Lipinski definition) is 4. The van der Waals surface area contributed by atoms with Crippen molar-refractivity contribution in [3.63, 3.8) is 0 Å². The average molecular weight is 234 g/mol. The molecule has 0 aliphatic heterocycles. The second-order valence-electron chi connectivity index (χ2n) is 4.51. The quantitative estimate of drug-likeness (QED) is 0.540. The normalized spacial score (nSPS) is 22.1. The van der Waals surface area contributed by atoms with E-state index in [1.807, 2.05) is 6.92 Å². The first-order valence-electron chi connectivity index (χ1n) is 5.90. The lowest BCUT2D eigenvalue weighted by molar-refractivity contribution is 0.0949. The summed E-state index contributed by atoms with van der Waals surface area (Å²) in [7, 11) is 0. The molecule has 2 atom stereocenters. The Kier molecular flexibility index (Phi) is 3.28. The van der Waals surface area contributed by atoms with Crippen LogP contribution in [0.3, 0.4) is 0 Å². The molecule has 5 nitrogen and oxygen atoms in total. The zero-order valence-corrected chi connectivity index (χ0v) is 10.2. The van der Waals surface area contributed by atoms with Gasteiger partial charge in [-0.25, -0.2) is 10.8 Å². The number of rotatable bonds is 4. The molecule has 1 aliphatic carbocycles. The van der Waals surface area contributed by atoms with E-state index in [9.17, 15) is 4.79 Å². The standard InChI is InChI=1S/C12H18N4O/c1-3-8-5-10(8)15-12(17)9-4-7(2)14-11(6-9)16-13/h4,6,8,10H,3,5,13H2,1-2H3,(H,14,16)(H,15,17). The Morgan fingerprint density at radius 2 is 2.35 bits per heavy atom. The number of nitrogens with zero attached hydrogens (tertiary/aromatic N) is 1. The van der Waals surface area contributed by atoms with Crippen LogP contribution in [0.2, 0.25) is 0 Å². The number of pyridine rings is 1. The van der Waals surface area contributed by atoms with E-state index >= 15 is 0 Å². The Balaban J connectivity index is 2.06. The van der Waals surface area contributed by atoms with Crippen molar-refractivity contribution in [1.29, 1.82) is 0 Å². The van der Waals surface area contributed by atoms with E-state index in [1.54, 1.807) is 12.1 Å². The van der Waals surface area contributed by atoms with E-state index in [0.717, 1.165) is 18.5 Å².